The highest BCUT2D eigenvalue weighted by Crippen LogP contribution is 2.36. The molecule has 198 valence electrons. The molecule has 4 aromatic carbocycles. The molecule has 0 atom stereocenters. The largest absolute Gasteiger partial charge is 0.298 e. The van der Waals surface area contributed by atoms with Crippen LogP contribution in [0.5, 0.6) is 0 Å². The van der Waals surface area contributed by atoms with Crippen LogP contribution in [-0.4, -0.2) is 37.8 Å². The molecule has 0 saturated heterocycles. The molecule has 0 saturated carbocycles. The summed E-state index contributed by atoms with van der Waals surface area (Å²) in [6.45, 7) is 0. The van der Waals surface area contributed by atoms with Crippen LogP contribution in [0.25, 0.3) is 12.2 Å². The van der Waals surface area contributed by atoms with Gasteiger partial charge < -0.3 is 0 Å². The summed E-state index contributed by atoms with van der Waals surface area (Å²) in [6, 6.07) is 25.5. The van der Waals surface area contributed by atoms with Gasteiger partial charge in [-0.15, -0.1) is 0 Å². The normalized spacial score (nSPS) is 11.8. The summed E-state index contributed by atoms with van der Waals surface area (Å²) in [5.41, 5.74) is -0.493. The first-order valence-electron chi connectivity index (χ1n) is 11.3. The van der Waals surface area contributed by atoms with Gasteiger partial charge in [0.25, 0.3) is 32.1 Å². The number of benzene rings is 4. The zero-order chi connectivity index (χ0) is 28.2. The van der Waals surface area contributed by atoms with Crippen molar-refractivity contribution in [3.63, 3.8) is 0 Å². The van der Waals surface area contributed by atoms with Crippen molar-refractivity contribution in [1.82, 2.24) is 0 Å². The summed E-state index contributed by atoms with van der Waals surface area (Å²) < 4.78 is 70.7. The number of carbonyl (C=O) groups is 2. The van der Waals surface area contributed by atoms with Crippen molar-refractivity contribution in [2.75, 3.05) is 4.90 Å². The van der Waals surface area contributed by atoms with Crippen LogP contribution in [-0.2, 0) is 20.2 Å². The topological polar surface area (TPSA) is 146 Å². The Bertz CT molecular complexity index is 1720. The summed E-state index contributed by atoms with van der Waals surface area (Å²) >= 11 is 0. The molecule has 0 aromatic heterocycles. The van der Waals surface area contributed by atoms with Gasteiger partial charge >= 0.3 is 0 Å². The lowest BCUT2D eigenvalue weighted by Gasteiger charge is -2.24. The van der Waals surface area contributed by atoms with E-state index in [0.29, 0.717) is 10.5 Å². The summed E-state index contributed by atoms with van der Waals surface area (Å²) in [4.78, 5) is 25.1. The molecule has 0 aliphatic carbocycles. The summed E-state index contributed by atoms with van der Waals surface area (Å²) in [7, 11) is -10.8. The summed E-state index contributed by atoms with van der Waals surface area (Å²) in [5.74, 6) is -1.99. The van der Waals surface area contributed by atoms with Crippen LogP contribution in [0.1, 0.15) is 31.8 Å². The first-order chi connectivity index (χ1) is 18.5. The molecule has 0 radical (unpaired) electrons. The lowest BCUT2D eigenvalue weighted by atomic mass is 10.1. The summed E-state index contributed by atoms with van der Waals surface area (Å²) in [5, 5.41) is 0. The van der Waals surface area contributed by atoms with Crippen molar-refractivity contribution >= 4 is 49.9 Å². The molecule has 11 heteroatoms. The monoisotopic (exact) mass is 563 g/mol. The zero-order valence-corrected chi connectivity index (χ0v) is 21.7. The second-order valence-corrected chi connectivity index (χ2v) is 10.9. The molecule has 4 rings (SSSR count). The molecule has 0 spiro atoms. The van der Waals surface area contributed by atoms with E-state index in [2.05, 4.69) is 0 Å². The van der Waals surface area contributed by atoms with Gasteiger partial charge in [-0.1, -0.05) is 84.9 Å². The van der Waals surface area contributed by atoms with Crippen LogP contribution in [0.2, 0.25) is 0 Å². The van der Waals surface area contributed by atoms with Crippen LogP contribution < -0.4 is 4.90 Å². The molecule has 2 N–H and O–H groups in total. The second kappa shape index (κ2) is 11.1. The molecular weight excluding hydrogens is 542 g/mol. The Hall–Kier alpha value is -4.42. The Balaban J connectivity index is 2.03. The van der Waals surface area contributed by atoms with Gasteiger partial charge in [-0.2, -0.15) is 16.8 Å². The number of anilines is 1. The first kappa shape index (κ1) is 27.6. The molecule has 0 bridgehead atoms. The van der Waals surface area contributed by atoms with Crippen molar-refractivity contribution in [2.45, 2.75) is 9.79 Å². The minimum absolute atomic E-state index is 0.0236. The quantitative estimate of drug-likeness (QED) is 0.185. The van der Waals surface area contributed by atoms with E-state index >= 15 is 0 Å². The molecule has 9 nitrogen and oxygen atoms in total. The molecule has 4 aromatic rings. The predicted molar refractivity (Wildman–Crippen MR) is 145 cm³/mol. The van der Waals surface area contributed by atoms with Crippen molar-refractivity contribution in [3.8, 4) is 0 Å². The maximum atomic E-state index is 13.6. The first-order valence-corrected chi connectivity index (χ1v) is 14.2. The van der Waals surface area contributed by atoms with E-state index in [4.69, 9.17) is 0 Å². The molecular formula is C28H21NO8S2. The van der Waals surface area contributed by atoms with E-state index in [1.54, 1.807) is 42.5 Å². The third-order valence-electron chi connectivity index (χ3n) is 5.58. The van der Waals surface area contributed by atoms with Crippen LogP contribution in [0.4, 0.5) is 5.69 Å². The van der Waals surface area contributed by atoms with Gasteiger partial charge in [0.15, 0.2) is 0 Å². The Labute approximate surface area is 225 Å². The number of amides is 2. The van der Waals surface area contributed by atoms with E-state index in [9.17, 15) is 35.5 Å². The van der Waals surface area contributed by atoms with Crippen LogP contribution >= 0.6 is 0 Å². The van der Waals surface area contributed by atoms with Gasteiger partial charge in [0.2, 0.25) is 0 Å². The van der Waals surface area contributed by atoms with E-state index < -0.39 is 47.5 Å². The van der Waals surface area contributed by atoms with Crippen molar-refractivity contribution < 1.29 is 35.5 Å². The minimum atomic E-state index is -5.45. The van der Waals surface area contributed by atoms with E-state index in [1.807, 2.05) is 0 Å². The van der Waals surface area contributed by atoms with Crippen molar-refractivity contribution in [2.24, 2.45) is 0 Å². The number of hydrogen-bond donors (Lipinski definition) is 2. The fourth-order valence-electron chi connectivity index (χ4n) is 3.87. The number of carbonyl (C=O) groups excluding carboxylic acids is 2. The van der Waals surface area contributed by atoms with Gasteiger partial charge in [-0.25, -0.2) is 4.90 Å². The maximum Gasteiger partial charge on any atom is 0.298 e. The van der Waals surface area contributed by atoms with Gasteiger partial charge in [-0.3, -0.25) is 18.7 Å². The number of imide groups is 1. The van der Waals surface area contributed by atoms with Gasteiger partial charge in [0, 0.05) is 11.1 Å². The highest BCUT2D eigenvalue weighted by atomic mass is 32.2. The molecule has 0 fully saturated rings. The molecule has 2 amide bonds. The Morgan fingerprint density at radius 2 is 1.00 bits per heavy atom. The lowest BCUT2D eigenvalue weighted by Crippen LogP contribution is -2.38. The Morgan fingerprint density at radius 1 is 0.564 bits per heavy atom. The SMILES string of the molecule is O=C(c1ccccc1)N(C(=O)c1ccccc1)c1ccc(C=Cc2ccccc2)c(S(=O)(=O)O)c1S(=O)(=O)O. The second-order valence-electron chi connectivity index (χ2n) is 8.20. The third kappa shape index (κ3) is 6.19. The van der Waals surface area contributed by atoms with E-state index in [-0.39, 0.29) is 16.7 Å². The highest BCUT2D eigenvalue weighted by Gasteiger charge is 2.36. The standard InChI is InChI=1S/C28H21NO8S2/c30-27(22-12-6-2-7-13-22)29(28(31)23-14-8-3-9-15-23)24-19-18-21(17-16-20-10-4-1-5-11-20)25(38(32,33)34)26(24)39(35,36)37/h1-19H,(H,32,33,34)(H,35,36,37). The van der Waals surface area contributed by atoms with Crippen LogP contribution in [0.3, 0.4) is 0 Å². The van der Waals surface area contributed by atoms with Gasteiger partial charge in [0.1, 0.15) is 9.79 Å². The summed E-state index contributed by atoms with van der Waals surface area (Å²) in [6.07, 6.45) is 2.68. The lowest BCUT2D eigenvalue weighted by molar-refractivity contribution is 0.0896. The smallest absolute Gasteiger partial charge is 0.282 e. The minimum Gasteiger partial charge on any atom is -0.282 e. The van der Waals surface area contributed by atoms with Gasteiger partial charge in [0.05, 0.1) is 5.69 Å². The molecule has 39 heavy (non-hydrogen) atoms. The van der Waals surface area contributed by atoms with E-state index in [1.165, 1.54) is 60.7 Å². The fourth-order valence-corrected chi connectivity index (χ4v) is 6.05. The number of rotatable bonds is 7. The molecule has 0 aliphatic heterocycles. The Kier molecular flexibility index (Phi) is 7.88. The highest BCUT2D eigenvalue weighted by molar-refractivity contribution is 7.89. The average Bonchev–Trinajstić information content (AvgIpc) is 2.92. The molecule has 0 unspecified atom stereocenters. The predicted octanol–water partition coefficient (Wildman–Crippen LogP) is 4.84. The number of nitrogens with zero attached hydrogens (tertiary/aromatic N) is 1. The third-order valence-corrected chi connectivity index (χ3v) is 7.60. The molecule has 0 aliphatic rings. The number of hydrogen-bond acceptors (Lipinski definition) is 6. The molecule has 0 heterocycles. The van der Waals surface area contributed by atoms with E-state index in [0.717, 1.165) is 12.1 Å². The van der Waals surface area contributed by atoms with Crippen LogP contribution in [0, 0.1) is 0 Å². The van der Waals surface area contributed by atoms with Crippen LogP contribution in [0.15, 0.2) is 113 Å². The average molecular weight is 564 g/mol. The van der Waals surface area contributed by atoms with Gasteiger partial charge in [-0.05, 0) is 41.5 Å². The fraction of sp³-hybridized carbons (Fsp3) is 0. The zero-order valence-electron chi connectivity index (χ0n) is 20.1. The van der Waals surface area contributed by atoms with Crippen molar-refractivity contribution in [1.29, 1.82) is 0 Å². The van der Waals surface area contributed by atoms with Crippen molar-refractivity contribution in [3.05, 3.63) is 125 Å². The Morgan fingerprint density at radius 3 is 1.44 bits per heavy atom. The maximum absolute atomic E-state index is 13.6.